The monoisotopic (exact) mass is 364 g/mol. The largest absolute Gasteiger partial charge is 0.495 e. The molecule has 2 atom stereocenters. The van der Waals surface area contributed by atoms with Gasteiger partial charge in [0.15, 0.2) is 6.10 Å². The standard InChI is InChI=1S/C17H20N2O7/c1-10(15(21)18-17(23)25-3)26-16(22)11-8-14(20)19(9-11)12-6-4-5-7-13(12)24-2/h4-7,10-11H,8-9H2,1-3H3,(H,18,21,23)/t10-,11+/m1/s1. The second-order valence-electron chi connectivity index (χ2n) is 5.64. The Morgan fingerprint density at radius 2 is 1.92 bits per heavy atom. The van der Waals surface area contributed by atoms with Crippen LogP contribution >= 0.6 is 0 Å². The molecule has 26 heavy (non-hydrogen) atoms. The molecule has 1 fully saturated rings. The number of alkyl carbamates (subject to hydrolysis) is 1. The number of anilines is 1. The number of esters is 1. The third kappa shape index (κ3) is 4.29. The third-order valence-electron chi connectivity index (χ3n) is 3.91. The smallest absolute Gasteiger partial charge is 0.413 e. The van der Waals surface area contributed by atoms with Crippen LogP contribution < -0.4 is 15.0 Å². The Morgan fingerprint density at radius 3 is 2.58 bits per heavy atom. The van der Waals surface area contributed by atoms with Crippen LogP contribution in [0.15, 0.2) is 24.3 Å². The lowest BCUT2D eigenvalue weighted by molar-refractivity contribution is -0.158. The number of nitrogens with zero attached hydrogens (tertiary/aromatic N) is 1. The predicted molar refractivity (Wildman–Crippen MR) is 89.6 cm³/mol. The van der Waals surface area contributed by atoms with Crippen LogP contribution in [0, 0.1) is 5.92 Å². The average Bonchev–Trinajstić information content (AvgIpc) is 3.03. The summed E-state index contributed by atoms with van der Waals surface area (Å²) in [6, 6.07) is 6.97. The molecule has 140 valence electrons. The summed E-state index contributed by atoms with van der Waals surface area (Å²) in [6.45, 7) is 1.44. The number of amides is 3. The molecule has 0 bridgehead atoms. The number of ether oxygens (including phenoxy) is 3. The molecule has 0 aliphatic carbocycles. The summed E-state index contributed by atoms with van der Waals surface area (Å²) in [7, 11) is 2.60. The molecule has 0 radical (unpaired) electrons. The number of imide groups is 1. The van der Waals surface area contributed by atoms with Crippen molar-refractivity contribution in [1.29, 1.82) is 0 Å². The van der Waals surface area contributed by atoms with Gasteiger partial charge < -0.3 is 19.1 Å². The van der Waals surface area contributed by atoms with Gasteiger partial charge in [0.05, 0.1) is 25.8 Å². The van der Waals surface area contributed by atoms with Crippen LogP contribution in [0.25, 0.3) is 0 Å². The Hall–Kier alpha value is -3.10. The van der Waals surface area contributed by atoms with E-state index in [1.807, 2.05) is 5.32 Å². The van der Waals surface area contributed by atoms with Crippen molar-refractivity contribution < 1.29 is 33.4 Å². The van der Waals surface area contributed by atoms with E-state index in [1.54, 1.807) is 24.3 Å². The summed E-state index contributed by atoms with van der Waals surface area (Å²) < 4.78 is 14.6. The highest BCUT2D eigenvalue weighted by molar-refractivity contribution is 6.01. The molecule has 9 nitrogen and oxygen atoms in total. The molecule has 1 heterocycles. The average molecular weight is 364 g/mol. The molecule has 0 spiro atoms. The van der Waals surface area contributed by atoms with Gasteiger partial charge in [0.25, 0.3) is 5.91 Å². The summed E-state index contributed by atoms with van der Waals surface area (Å²) in [5.41, 5.74) is 0.562. The highest BCUT2D eigenvalue weighted by Gasteiger charge is 2.38. The molecule has 9 heteroatoms. The molecule has 1 aliphatic heterocycles. The Morgan fingerprint density at radius 1 is 1.23 bits per heavy atom. The number of rotatable bonds is 5. The van der Waals surface area contributed by atoms with E-state index in [4.69, 9.17) is 9.47 Å². The van der Waals surface area contributed by atoms with E-state index in [9.17, 15) is 19.2 Å². The lowest BCUT2D eigenvalue weighted by Gasteiger charge is -2.19. The van der Waals surface area contributed by atoms with E-state index >= 15 is 0 Å². The van der Waals surface area contributed by atoms with Crippen LogP contribution in [0.3, 0.4) is 0 Å². The van der Waals surface area contributed by atoms with E-state index in [-0.39, 0.29) is 18.9 Å². The maximum atomic E-state index is 12.3. The quantitative estimate of drug-likeness (QED) is 0.771. The molecule has 1 saturated heterocycles. The van der Waals surface area contributed by atoms with Crippen LogP contribution in [-0.2, 0) is 23.9 Å². The molecule has 1 N–H and O–H groups in total. The molecule has 0 saturated carbocycles. The van der Waals surface area contributed by atoms with Gasteiger partial charge >= 0.3 is 12.1 Å². The first-order valence-electron chi connectivity index (χ1n) is 7.90. The second-order valence-corrected chi connectivity index (χ2v) is 5.64. The van der Waals surface area contributed by atoms with Crippen LogP contribution in [-0.4, -0.2) is 50.7 Å². The summed E-state index contributed by atoms with van der Waals surface area (Å²) in [5, 5.41) is 1.91. The Bertz CT molecular complexity index is 719. The molecule has 0 aromatic heterocycles. The number of nitrogens with one attached hydrogen (secondary N) is 1. The van der Waals surface area contributed by atoms with Crippen molar-refractivity contribution in [3.63, 3.8) is 0 Å². The summed E-state index contributed by atoms with van der Waals surface area (Å²) in [5.74, 6) is -1.95. The molecule has 1 aromatic rings. The zero-order chi connectivity index (χ0) is 19.3. The fourth-order valence-electron chi connectivity index (χ4n) is 2.53. The maximum Gasteiger partial charge on any atom is 0.413 e. The van der Waals surface area contributed by atoms with Crippen LogP contribution in [0.4, 0.5) is 10.5 Å². The van der Waals surface area contributed by atoms with Gasteiger partial charge in [0.2, 0.25) is 5.91 Å². The topological polar surface area (TPSA) is 111 Å². The van der Waals surface area contributed by atoms with Crippen molar-refractivity contribution in [3.05, 3.63) is 24.3 Å². The first kappa shape index (κ1) is 19.2. The van der Waals surface area contributed by atoms with Gasteiger partial charge in [-0.15, -0.1) is 0 Å². The number of benzene rings is 1. The number of carbonyl (C=O) groups excluding carboxylic acids is 4. The van der Waals surface area contributed by atoms with Crippen molar-refractivity contribution in [3.8, 4) is 5.75 Å². The summed E-state index contributed by atoms with van der Waals surface area (Å²) in [6.07, 6.45) is -2.18. The molecule has 0 unspecified atom stereocenters. The van der Waals surface area contributed by atoms with Gasteiger partial charge in [-0.1, -0.05) is 12.1 Å². The van der Waals surface area contributed by atoms with Crippen LogP contribution in [0.5, 0.6) is 5.75 Å². The fourth-order valence-corrected chi connectivity index (χ4v) is 2.53. The molecular weight excluding hydrogens is 344 g/mol. The molecule has 1 aromatic carbocycles. The lowest BCUT2D eigenvalue weighted by Crippen LogP contribution is -2.40. The maximum absolute atomic E-state index is 12.3. The minimum absolute atomic E-state index is 0.0395. The Kier molecular flexibility index (Phi) is 6.16. The number of para-hydroxylation sites is 2. The van der Waals surface area contributed by atoms with Crippen molar-refractivity contribution in [2.45, 2.75) is 19.4 Å². The minimum atomic E-state index is -1.20. The summed E-state index contributed by atoms with van der Waals surface area (Å²) in [4.78, 5) is 48.7. The van der Waals surface area contributed by atoms with Gasteiger partial charge in [0, 0.05) is 13.0 Å². The van der Waals surface area contributed by atoms with Crippen LogP contribution in [0.2, 0.25) is 0 Å². The van der Waals surface area contributed by atoms with E-state index in [0.29, 0.717) is 11.4 Å². The van der Waals surface area contributed by atoms with Crippen molar-refractivity contribution in [2.24, 2.45) is 5.92 Å². The number of hydrogen-bond acceptors (Lipinski definition) is 7. The van der Waals surface area contributed by atoms with Gasteiger partial charge in [0.1, 0.15) is 5.75 Å². The van der Waals surface area contributed by atoms with E-state index in [1.165, 1.54) is 18.9 Å². The molecular formula is C17H20N2O7. The Balaban J connectivity index is 2.00. The Labute approximate surface area is 150 Å². The van der Waals surface area contributed by atoms with Crippen molar-refractivity contribution in [2.75, 3.05) is 25.7 Å². The van der Waals surface area contributed by atoms with Gasteiger partial charge in [-0.2, -0.15) is 0 Å². The number of hydrogen-bond donors (Lipinski definition) is 1. The van der Waals surface area contributed by atoms with E-state index in [0.717, 1.165) is 7.11 Å². The highest BCUT2D eigenvalue weighted by Crippen LogP contribution is 2.33. The van der Waals surface area contributed by atoms with Crippen LogP contribution in [0.1, 0.15) is 13.3 Å². The highest BCUT2D eigenvalue weighted by atomic mass is 16.6. The third-order valence-corrected chi connectivity index (χ3v) is 3.91. The predicted octanol–water partition coefficient (Wildman–Crippen LogP) is 0.862. The van der Waals surface area contributed by atoms with Crippen molar-refractivity contribution in [1.82, 2.24) is 5.32 Å². The zero-order valence-corrected chi connectivity index (χ0v) is 14.7. The summed E-state index contributed by atoms with van der Waals surface area (Å²) >= 11 is 0. The molecule has 3 amide bonds. The van der Waals surface area contributed by atoms with E-state index in [2.05, 4.69) is 4.74 Å². The minimum Gasteiger partial charge on any atom is -0.495 e. The fraction of sp³-hybridized carbons (Fsp3) is 0.412. The lowest BCUT2D eigenvalue weighted by atomic mass is 10.1. The first-order chi connectivity index (χ1) is 12.4. The first-order valence-corrected chi connectivity index (χ1v) is 7.90. The van der Waals surface area contributed by atoms with Gasteiger partial charge in [-0.05, 0) is 19.1 Å². The van der Waals surface area contributed by atoms with E-state index < -0.39 is 30.0 Å². The second kappa shape index (κ2) is 8.32. The zero-order valence-electron chi connectivity index (χ0n) is 14.7. The van der Waals surface area contributed by atoms with Gasteiger partial charge in [-0.25, -0.2) is 4.79 Å². The molecule has 2 rings (SSSR count). The SMILES string of the molecule is COC(=O)NC(=O)[C@@H](C)OC(=O)[C@H]1CC(=O)N(c2ccccc2OC)C1. The number of methoxy groups -OCH3 is 2. The number of carbonyl (C=O) groups is 4. The van der Waals surface area contributed by atoms with Gasteiger partial charge in [-0.3, -0.25) is 19.7 Å². The normalized spacial score (nSPS) is 17.4. The molecule has 1 aliphatic rings. The van der Waals surface area contributed by atoms with Crippen molar-refractivity contribution >= 4 is 29.6 Å².